The summed E-state index contributed by atoms with van der Waals surface area (Å²) in [5, 5.41) is 7.91. The molecule has 0 bridgehead atoms. The molecule has 0 radical (unpaired) electrons. The molecule has 0 heteroatoms. The van der Waals surface area contributed by atoms with Crippen LogP contribution in [0.25, 0.3) is 65.7 Å². The third-order valence-electron chi connectivity index (χ3n) is 11.1. The van der Waals surface area contributed by atoms with Gasteiger partial charge in [-0.1, -0.05) is 152 Å². The minimum absolute atomic E-state index is 0.0547. The van der Waals surface area contributed by atoms with E-state index in [1.807, 2.05) is 0 Å². The molecular formula is C48H46. The lowest BCUT2D eigenvalue weighted by atomic mass is 9.81. The third-order valence-corrected chi connectivity index (χ3v) is 11.1. The predicted octanol–water partition coefficient (Wildman–Crippen LogP) is 13.7. The zero-order chi connectivity index (χ0) is 33.7. The zero-order valence-electron chi connectivity index (χ0n) is 30.0. The summed E-state index contributed by atoms with van der Waals surface area (Å²) in [6.45, 7) is 20.7. The van der Waals surface area contributed by atoms with E-state index in [9.17, 15) is 0 Å². The van der Waals surface area contributed by atoms with Gasteiger partial charge in [-0.3, -0.25) is 0 Å². The van der Waals surface area contributed by atoms with E-state index < -0.39 is 0 Å². The molecule has 0 fully saturated rings. The quantitative estimate of drug-likeness (QED) is 0.168. The van der Waals surface area contributed by atoms with Crippen molar-refractivity contribution in [3.8, 4) is 33.4 Å². The Morgan fingerprint density at radius 3 is 1.56 bits per heavy atom. The van der Waals surface area contributed by atoms with Crippen LogP contribution in [0.3, 0.4) is 0 Å². The maximum atomic E-state index is 2.48. The first-order chi connectivity index (χ1) is 22.7. The number of hydrogen-bond acceptors (Lipinski definition) is 0. The van der Waals surface area contributed by atoms with Crippen molar-refractivity contribution < 1.29 is 0 Å². The van der Waals surface area contributed by atoms with Gasteiger partial charge in [-0.2, -0.15) is 0 Å². The average Bonchev–Trinajstić information content (AvgIpc) is 3.28. The second-order valence-electron chi connectivity index (χ2n) is 16.8. The van der Waals surface area contributed by atoms with Gasteiger partial charge < -0.3 is 0 Å². The second-order valence-corrected chi connectivity index (χ2v) is 16.8. The van der Waals surface area contributed by atoms with Gasteiger partial charge in [-0.15, -0.1) is 0 Å². The molecule has 0 amide bonds. The normalized spacial score (nSPS) is 14.1. The molecule has 1 aliphatic rings. The van der Waals surface area contributed by atoms with Gasteiger partial charge in [0.1, 0.15) is 0 Å². The van der Waals surface area contributed by atoms with Crippen molar-refractivity contribution in [3.63, 3.8) is 0 Å². The van der Waals surface area contributed by atoms with E-state index >= 15 is 0 Å². The van der Waals surface area contributed by atoms with Crippen LogP contribution in [0.1, 0.15) is 83.2 Å². The van der Waals surface area contributed by atoms with Crippen LogP contribution < -0.4 is 0 Å². The van der Waals surface area contributed by atoms with Crippen LogP contribution in [0, 0.1) is 6.92 Å². The lowest BCUT2D eigenvalue weighted by molar-refractivity contribution is 0.591. The molecule has 0 atom stereocenters. The van der Waals surface area contributed by atoms with Gasteiger partial charge in [0.05, 0.1) is 0 Å². The standard InChI is InChI=1S/C48H46/c1-29-10-12-30(13-11-29)31-15-22-44-42(25-31)43-26-33(16-23-45(43)48(44,8)9)39-28-41-36-20-17-34(46(2,3)4)24-32(36)14-19-37(41)38-21-18-35(27-40(38)39)47(5,6)7/h10-28H,1-9H3. The first kappa shape index (κ1) is 30.6. The number of rotatable bonds is 2. The molecule has 0 saturated carbocycles. The van der Waals surface area contributed by atoms with Crippen LogP contribution in [0.4, 0.5) is 0 Å². The predicted molar refractivity (Wildman–Crippen MR) is 210 cm³/mol. The van der Waals surface area contributed by atoms with E-state index in [1.54, 1.807) is 0 Å². The van der Waals surface area contributed by atoms with Crippen LogP contribution in [0.5, 0.6) is 0 Å². The molecule has 8 rings (SSSR count). The van der Waals surface area contributed by atoms with E-state index in [2.05, 4.69) is 178 Å². The molecule has 7 aromatic rings. The van der Waals surface area contributed by atoms with Crippen LogP contribution >= 0.6 is 0 Å². The van der Waals surface area contributed by atoms with Gasteiger partial charge in [0.25, 0.3) is 0 Å². The van der Waals surface area contributed by atoms with Crippen molar-refractivity contribution in [2.75, 3.05) is 0 Å². The molecule has 0 saturated heterocycles. The number of aryl methyl sites for hydroxylation is 1. The van der Waals surface area contributed by atoms with Crippen molar-refractivity contribution in [3.05, 3.63) is 143 Å². The first-order valence-electron chi connectivity index (χ1n) is 17.5. The summed E-state index contributed by atoms with van der Waals surface area (Å²) in [7, 11) is 0. The minimum Gasteiger partial charge on any atom is -0.0587 e. The molecule has 48 heavy (non-hydrogen) atoms. The maximum Gasteiger partial charge on any atom is 0.0158 e. The summed E-state index contributed by atoms with van der Waals surface area (Å²) in [5.41, 5.74) is 14.8. The van der Waals surface area contributed by atoms with E-state index in [0.29, 0.717) is 0 Å². The van der Waals surface area contributed by atoms with Crippen molar-refractivity contribution in [1.29, 1.82) is 0 Å². The lowest BCUT2D eigenvalue weighted by Gasteiger charge is -2.23. The number of hydrogen-bond donors (Lipinski definition) is 0. The van der Waals surface area contributed by atoms with Gasteiger partial charge in [-0.05, 0) is 130 Å². The molecule has 238 valence electrons. The fourth-order valence-corrected chi connectivity index (χ4v) is 8.00. The Bertz CT molecular complexity index is 2420. The van der Waals surface area contributed by atoms with Crippen LogP contribution in [0.15, 0.2) is 115 Å². The highest BCUT2D eigenvalue weighted by Gasteiger charge is 2.36. The van der Waals surface area contributed by atoms with Gasteiger partial charge in [-0.25, -0.2) is 0 Å². The molecule has 0 N–H and O–H groups in total. The Kier molecular flexibility index (Phi) is 6.64. The van der Waals surface area contributed by atoms with E-state index in [4.69, 9.17) is 0 Å². The first-order valence-corrected chi connectivity index (χ1v) is 17.5. The largest absolute Gasteiger partial charge is 0.0587 e. The minimum atomic E-state index is -0.0547. The molecule has 1 aliphatic carbocycles. The van der Waals surface area contributed by atoms with E-state index in [-0.39, 0.29) is 16.2 Å². The smallest absolute Gasteiger partial charge is 0.0158 e. The number of benzene rings is 7. The summed E-state index contributed by atoms with van der Waals surface area (Å²) in [5.74, 6) is 0. The highest BCUT2D eigenvalue weighted by atomic mass is 14.4. The van der Waals surface area contributed by atoms with Gasteiger partial charge in [0, 0.05) is 5.41 Å². The monoisotopic (exact) mass is 622 g/mol. The summed E-state index contributed by atoms with van der Waals surface area (Å²) in [4.78, 5) is 0. The summed E-state index contributed by atoms with van der Waals surface area (Å²) >= 11 is 0. The highest BCUT2D eigenvalue weighted by molar-refractivity contribution is 6.21. The Balaban J connectivity index is 1.39. The topological polar surface area (TPSA) is 0 Å². The van der Waals surface area contributed by atoms with E-state index in [0.717, 1.165) is 0 Å². The molecular weight excluding hydrogens is 577 g/mol. The summed E-state index contributed by atoms with van der Waals surface area (Å²) in [6.07, 6.45) is 0. The Hall–Kier alpha value is -4.68. The average molecular weight is 623 g/mol. The number of fused-ring (bicyclic) bond motifs is 8. The third kappa shape index (κ3) is 4.80. The molecule has 0 heterocycles. The molecule has 0 aliphatic heterocycles. The highest BCUT2D eigenvalue weighted by Crippen LogP contribution is 2.51. The Morgan fingerprint density at radius 2 is 0.917 bits per heavy atom. The van der Waals surface area contributed by atoms with Crippen molar-refractivity contribution in [2.24, 2.45) is 0 Å². The van der Waals surface area contributed by atoms with Crippen LogP contribution in [0.2, 0.25) is 0 Å². The molecule has 7 aromatic carbocycles. The van der Waals surface area contributed by atoms with Gasteiger partial charge in [0.15, 0.2) is 0 Å². The van der Waals surface area contributed by atoms with Crippen molar-refractivity contribution in [1.82, 2.24) is 0 Å². The molecule has 0 spiro atoms. The second kappa shape index (κ2) is 10.4. The fraction of sp³-hybridized carbons (Fsp3) is 0.250. The van der Waals surface area contributed by atoms with Crippen molar-refractivity contribution in [2.45, 2.75) is 78.6 Å². The van der Waals surface area contributed by atoms with E-state index in [1.165, 1.54) is 93.5 Å². The van der Waals surface area contributed by atoms with Crippen LogP contribution in [-0.4, -0.2) is 0 Å². The van der Waals surface area contributed by atoms with Crippen molar-refractivity contribution >= 4 is 32.3 Å². The Labute approximate surface area is 286 Å². The molecule has 0 aromatic heterocycles. The Morgan fingerprint density at radius 1 is 0.396 bits per heavy atom. The summed E-state index contributed by atoms with van der Waals surface area (Å²) < 4.78 is 0. The lowest BCUT2D eigenvalue weighted by Crippen LogP contribution is -2.14. The summed E-state index contributed by atoms with van der Waals surface area (Å²) in [6, 6.07) is 44.7. The SMILES string of the molecule is Cc1ccc(-c2ccc3c(c2)-c2cc(-c4cc5c6ccc(C(C)(C)C)cc6ccc5c5ccc(C(C)(C)C)cc45)ccc2C3(C)C)cc1. The maximum absolute atomic E-state index is 2.48. The molecule has 0 nitrogen and oxygen atoms in total. The molecule has 0 unspecified atom stereocenters. The van der Waals surface area contributed by atoms with Crippen LogP contribution in [-0.2, 0) is 16.2 Å². The fourth-order valence-electron chi connectivity index (χ4n) is 8.00. The van der Waals surface area contributed by atoms with Gasteiger partial charge >= 0.3 is 0 Å². The van der Waals surface area contributed by atoms with Gasteiger partial charge in [0.2, 0.25) is 0 Å². The zero-order valence-corrected chi connectivity index (χ0v) is 30.0.